The van der Waals surface area contributed by atoms with Crippen LogP contribution in [0.15, 0.2) is 47.4 Å². The van der Waals surface area contributed by atoms with Crippen molar-refractivity contribution in [3.8, 4) is 11.8 Å². The minimum atomic E-state index is -0.122. The summed E-state index contributed by atoms with van der Waals surface area (Å²) in [4.78, 5) is 13.3. The van der Waals surface area contributed by atoms with Crippen LogP contribution in [0.2, 0.25) is 0 Å². The third-order valence-electron chi connectivity index (χ3n) is 1.52. The molecule has 0 aliphatic carbocycles. The molecule has 0 aliphatic heterocycles. The van der Waals surface area contributed by atoms with Crippen LogP contribution in [-0.2, 0) is 0 Å². The smallest absolute Gasteiger partial charge is 0.247 e. The predicted octanol–water partition coefficient (Wildman–Crippen LogP) is 1.86. The van der Waals surface area contributed by atoms with Crippen LogP contribution in [0.1, 0.15) is 12.5 Å². The molecule has 0 amide bonds. The van der Waals surface area contributed by atoms with Crippen LogP contribution in [-0.4, -0.2) is 4.98 Å². The van der Waals surface area contributed by atoms with Crippen molar-refractivity contribution < 1.29 is 0 Å². The zero-order valence-electron chi connectivity index (χ0n) is 8.00. The lowest BCUT2D eigenvalue weighted by molar-refractivity contribution is 1.23. The van der Waals surface area contributed by atoms with Gasteiger partial charge in [-0.15, -0.1) is 0 Å². The Morgan fingerprint density at radius 2 is 2.36 bits per heavy atom. The molecule has 1 aromatic heterocycles. The van der Waals surface area contributed by atoms with E-state index in [9.17, 15) is 4.79 Å². The molecule has 70 valence electrons. The molecule has 0 radical (unpaired) electrons. The summed E-state index contributed by atoms with van der Waals surface area (Å²) >= 11 is 0. The summed E-state index contributed by atoms with van der Waals surface area (Å²) in [5.41, 5.74) is 1.40. The Bertz CT molecular complexity index is 449. The Kier molecular flexibility index (Phi) is 3.51. The second kappa shape index (κ2) is 4.88. The monoisotopic (exact) mass is 185 g/mol. The first kappa shape index (κ1) is 10.1. The summed E-state index contributed by atoms with van der Waals surface area (Å²) in [7, 11) is 0. The van der Waals surface area contributed by atoms with E-state index >= 15 is 0 Å². The Hall–Kier alpha value is -2.01. The normalized spacial score (nSPS) is 9.50. The summed E-state index contributed by atoms with van der Waals surface area (Å²) in [6.07, 6.45) is 5.29. The van der Waals surface area contributed by atoms with Gasteiger partial charge in [-0.05, 0) is 13.0 Å². The summed E-state index contributed by atoms with van der Waals surface area (Å²) < 4.78 is 0. The van der Waals surface area contributed by atoms with E-state index in [1.165, 1.54) is 6.07 Å². The fourth-order valence-electron chi connectivity index (χ4n) is 0.884. The Morgan fingerprint density at radius 3 is 2.93 bits per heavy atom. The maximum absolute atomic E-state index is 10.7. The molecule has 0 aromatic carbocycles. The summed E-state index contributed by atoms with van der Waals surface area (Å²) in [6, 6.07) is 3.12. The first-order chi connectivity index (χ1) is 6.72. The molecule has 14 heavy (non-hydrogen) atoms. The SMILES string of the molecule is C=C(C#Cc1ccc(=O)[nH]c1)/C=C\C. The lowest BCUT2D eigenvalue weighted by Crippen LogP contribution is -2.01. The van der Waals surface area contributed by atoms with Gasteiger partial charge in [0.2, 0.25) is 5.56 Å². The van der Waals surface area contributed by atoms with E-state index in [-0.39, 0.29) is 5.56 Å². The molecule has 1 N–H and O–H groups in total. The van der Waals surface area contributed by atoms with Crippen molar-refractivity contribution in [2.45, 2.75) is 6.92 Å². The molecule has 0 bridgehead atoms. The molecule has 2 heteroatoms. The minimum absolute atomic E-state index is 0.122. The molecule has 0 saturated carbocycles. The summed E-state index contributed by atoms with van der Waals surface area (Å²) in [5.74, 6) is 5.75. The van der Waals surface area contributed by atoms with Crippen molar-refractivity contribution in [3.63, 3.8) is 0 Å². The highest BCUT2D eigenvalue weighted by Gasteiger charge is 1.85. The van der Waals surface area contributed by atoms with E-state index in [2.05, 4.69) is 23.4 Å². The first-order valence-corrected chi connectivity index (χ1v) is 4.25. The molecular formula is C12H11NO. The number of H-pyrrole nitrogens is 1. The number of pyridine rings is 1. The average molecular weight is 185 g/mol. The Labute approximate surface area is 83.0 Å². The number of aromatic amines is 1. The molecule has 1 aromatic rings. The van der Waals surface area contributed by atoms with E-state index in [0.717, 1.165) is 11.1 Å². The van der Waals surface area contributed by atoms with Gasteiger partial charge in [0.25, 0.3) is 0 Å². The van der Waals surface area contributed by atoms with Gasteiger partial charge in [0.05, 0.1) is 0 Å². The highest BCUT2D eigenvalue weighted by molar-refractivity contribution is 5.42. The number of nitrogens with one attached hydrogen (secondary N) is 1. The van der Waals surface area contributed by atoms with E-state index in [0.29, 0.717) is 0 Å². The number of allylic oxidation sites excluding steroid dienone is 3. The number of rotatable bonds is 1. The fraction of sp³-hybridized carbons (Fsp3) is 0.0833. The maximum atomic E-state index is 10.7. The highest BCUT2D eigenvalue weighted by atomic mass is 16.1. The van der Waals surface area contributed by atoms with E-state index in [1.807, 2.05) is 19.1 Å². The van der Waals surface area contributed by atoms with Crippen LogP contribution in [0.25, 0.3) is 0 Å². The molecule has 1 rings (SSSR count). The predicted molar refractivity (Wildman–Crippen MR) is 57.9 cm³/mol. The standard InChI is InChI=1S/C12H11NO/c1-3-4-10(2)5-6-11-7-8-12(14)13-9-11/h3-4,7-9H,2H2,1H3,(H,13,14)/b4-3-. The van der Waals surface area contributed by atoms with Crippen molar-refractivity contribution in [1.82, 2.24) is 4.98 Å². The Balaban J connectivity index is 2.83. The van der Waals surface area contributed by atoms with Gasteiger partial charge >= 0.3 is 0 Å². The van der Waals surface area contributed by atoms with E-state index < -0.39 is 0 Å². The van der Waals surface area contributed by atoms with Crippen molar-refractivity contribution >= 4 is 0 Å². The first-order valence-electron chi connectivity index (χ1n) is 4.25. The third kappa shape index (κ3) is 3.16. The van der Waals surface area contributed by atoms with Gasteiger partial charge < -0.3 is 4.98 Å². The average Bonchev–Trinajstić information content (AvgIpc) is 2.17. The molecular weight excluding hydrogens is 174 g/mol. The van der Waals surface area contributed by atoms with Crippen LogP contribution in [0.5, 0.6) is 0 Å². The molecule has 2 nitrogen and oxygen atoms in total. The van der Waals surface area contributed by atoms with E-state index in [1.54, 1.807) is 12.3 Å². The molecule has 0 aliphatic rings. The zero-order valence-corrected chi connectivity index (χ0v) is 8.00. The number of aromatic nitrogens is 1. The minimum Gasteiger partial charge on any atom is -0.328 e. The lowest BCUT2D eigenvalue weighted by atomic mass is 10.2. The van der Waals surface area contributed by atoms with Crippen LogP contribution in [0.4, 0.5) is 0 Å². The maximum Gasteiger partial charge on any atom is 0.247 e. The van der Waals surface area contributed by atoms with Crippen molar-refractivity contribution in [2.24, 2.45) is 0 Å². The van der Waals surface area contributed by atoms with Crippen LogP contribution in [0.3, 0.4) is 0 Å². The number of hydrogen-bond donors (Lipinski definition) is 1. The topological polar surface area (TPSA) is 32.9 Å². The van der Waals surface area contributed by atoms with Crippen LogP contribution < -0.4 is 5.56 Å². The summed E-state index contributed by atoms with van der Waals surface area (Å²) in [5, 5.41) is 0. The van der Waals surface area contributed by atoms with Crippen molar-refractivity contribution in [2.75, 3.05) is 0 Å². The van der Waals surface area contributed by atoms with Crippen LogP contribution in [0, 0.1) is 11.8 Å². The van der Waals surface area contributed by atoms with Gasteiger partial charge in [0.15, 0.2) is 0 Å². The third-order valence-corrected chi connectivity index (χ3v) is 1.52. The largest absolute Gasteiger partial charge is 0.328 e. The van der Waals surface area contributed by atoms with Gasteiger partial charge in [-0.3, -0.25) is 4.79 Å². The second-order valence-electron chi connectivity index (χ2n) is 2.72. The number of hydrogen-bond acceptors (Lipinski definition) is 1. The van der Waals surface area contributed by atoms with Gasteiger partial charge in [-0.2, -0.15) is 0 Å². The molecule has 0 atom stereocenters. The quantitative estimate of drug-likeness (QED) is 0.525. The van der Waals surface area contributed by atoms with Crippen LogP contribution >= 0.6 is 0 Å². The molecule has 1 heterocycles. The van der Waals surface area contributed by atoms with Gasteiger partial charge in [0, 0.05) is 23.4 Å². The van der Waals surface area contributed by atoms with Gasteiger partial charge in [-0.25, -0.2) is 0 Å². The van der Waals surface area contributed by atoms with Gasteiger partial charge in [0.1, 0.15) is 0 Å². The van der Waals surface area contributed by atoms with E-state index in [4.69, 9.17) is 0 Å². The zero-order chi connectivity index (χ0) is 10.4. The van der Waals surface area contributed by atoms with Crippen molar-refractivity contribution in [3.05, 3.63) is 58.6 Å². The Morgan fingerprint density at radius 1 is 1.57 bits per heavy atom. The fourth-order valence-corrected chi connectivity index (χ4v) is 0.884. The van der Waals surface area contributed by atoms with Crippen molar-refractivity contribution in [1.29, 1.82) is 0 Å². The lowest BCUT2D eigenvalue weighted by Gasteiger charge is -1.87. The molecule has 0 saturated heterocycles. The highest BCUT2D eigenvalue weighted by Crippen LogP contribution is 1.93. The molecule has 0 spiro atoms. The van der Waals surface area contributed by atoms with Gasteiger partial charge in [-0.1, -0.05) is 30.6 Å². The molecule has 0 unspecified atom stereocenters. The molecule has 0 fully saturated rings. The summed E-state index contributed by atoms with van der Waals surface area (Å²) in [6.45, 7) is 5.65. The second-order valence-corrected chi connectivity index (χ2v) is 2.72.